The molecule has 1 aromatic heterocycles. The Morgan fingerprint density at radius 2 is 2.31 bits per heavy atom. The summed E-state index contributed by atoms with van der Waals surface area (Å²) in [6, 6.07) is 4.45. The lowest BCUT2D eigenvalue weighted by Gasteiger charge is -2.40. The Morgan fingerprint density at radius 1 is 1.46 bits per heavy atom. The van der Waals surface area contributed by atoms with E-state index in [2.05, 4.69) is 9.97 Å². The second-order valence-corrected chi connectivity index (χ2v) is 7.86. The van der Waals surface area contributed by atoms with Crippen molar-refractivity contribution in [3.05, 3.63) is 29.8 Å². The van der Waals surface area contributed by atoms with Crippen molar-refractivity contribution in [2.24, 2.45) is 11.8 Å². The molecular formula is C20H26FN3O2. The molecule has 0 unspecified atom stereocenters. The zero-order valence-electron chi connectivity index (χ0n) is 15.2. The van der Waals surface area contributed by atoms with Crippen molar-refractivity contribution in [1.29, 1.82) is 0 Å². The highest BCUT2D eigenvalue weighted by Crippen LogP contribution is 2.44. The lowest BCUT2D eigenvalue weighted by atomic mass is 9.69. The average molecular weight is 359 g/mol. The molecule has 1 aliphatic heterocycles. The Labute approximate surface area is 152 Å². The first-order valence-corrected chi connectivity index (χ1v) is 9.63. The monoisotopic (exact) mass is 359 g/mol. The number of amides is 1. The summed E-state index contributed by atoms with van der Waals surface area (Å²) in [4.78, 5) is 22.1. The number of aromatic amines is 1. The number of halogens is 1. The van der Waals surface area contributed by atoms with Gasteiger partial charge in [-0.25, -0.2) is 9.37 Å². The van der Waals surface area contributed by atoms with E-state index in [0.717, 1.165) is 32.2 Å². The van der Waals surface area contributed by atoms with Crippen LogP contribution >= 0.6 is 0 Å². The highest BCUT2D eigenvalue weighted by Gasteiger charge is 2.48. The predicted molar refractivity (Wildman–Crippen MR) is 97.0 cm³/mol. The predicted octanol–water partition coefficient (Wildman–Crippen LogP) is 3.03. The smallest absolute Gasteiger partial charge is 0.223 e. The summed E-state index contributed by atoms with van der Waals surface area (Å²) in [5, 5.41) is 10.9. The molecule has 3 atom stereocenters. The van der Waals surface area contributed by atoms with Crippen molar-refractivity contribution in [2.45, 2.75) is 51.0 Å². The van der Waals surface area contributed by atoms with Crippen LogP contribution in [0, 0.1) is 17.7 Å². The molecule has 26 heavy (non-hydrogen) atoms. The third-order valence-electron chi connectivity index (χ3n) is 6.35. The molecule has 4 rings (SSSR count). The highest BCUT2D eigenvalue weighted by molar-refractivity contribution is 5.77. The van der Waals surface area contributed by atoms with E-state index < -0.39 is 5.60 Å². The fourth-order valence-corrected chi connectivity index (χ4v) is 4.81. The molecule has 1 saturated heterocycles. The van der Waals surface area contributed by atoms with E-state index in [4.69, 9.17) is 0 Å². The van der Waals surface area contributed by atoms with Gasteiger partial charge in [-0.3, -0.25) is 4.79 Å². The van der Waals surface area contributed by atoms with Gasteiger partial charge in [0.05, 0.1) is 16.6 Å². The zero-order chi connectivity index (χ0) is 18.3. The van der Waals surface area contributed by atoms with Crippen molar-refractivity contribution in [1.82, 2.24) is 14.9 Å². The van der Waals surface area contributed by atoms with Crippen LogP contribution in [0.3, 0.4) is 0 Å². The van der Waals surface area contributed by atoms with Crippen LogP contribution in [-0.2, 0) is 11.2 Å². The van der Waals surface area contributed by atoms with Gasteiger partial charge in [0.2, 0.25) is 5.91 Å². The summed E-state index contributed by atoms with van der Waals surface area (Å²) in [5.41, 5.74) is 0.766. The SMILES string of the molecule is CC[C@]1(O)CCC[C@H]2CN(C(=O)CCc3nc4ccc(F)cc4[nH]3)C[C@H]21. The normalized spacial score (nSPS) is 28.5. The lowest BCUT2D eigenvalue weighted by Crippen LogP contribution is -2.44. The summed E-state index contributed by atoms with van der Waals surface area (Å²) in [7, 11) is 0. The Kier molecular flexibility index (Phi) is 4.47. The number of hydrogen-bond acceptors (Lipinski definition) is 3. The number of imidazole rings is 1. The first kappa shape index (κ1) is 17.5. The number of likely N-dealkylation sites (tertiary alicyclic amines) is 1. The van der Waals surface area contributed by atoms with E-state index in [1.165, 1.54) is 12.1 Å². The average Bonchev–Trinajstić information content (AvgIpc) is 3.24. The van der Waals surface area contributed by atoms with Gasteiger partial charge in [0.25, 0.3) is 0 Å². The number of carbonyl (C=O) groups is 1. The van der Waals surface area contributed by atoms with Gasteiger partial charge in [-0.2, -0.15) is 0 Å². The molecule has 1 saturated carbocycles. The third-order valence-corrected chi connectivity index (χ3v) is 6.35. The van der Waals surface area contributed by atoms with Crippen LogP contribution in [-0.4, -0.2) is 44.6 Å². The molecular weight excluding hydrogens is 333 g/mol. The summed E-state index contributed by atoms with van der Waals surface area (Å²) < 4.78 is 13.3. The maximum absolute atomic E-state index is 13.3. The number of aromatic nitrogens is 2. The number of rotatable bonds is 4. The number of H-pyrrole nitrogens is 1. The Morgan fingerprint density at radius 3 is 3.12 bits per heavy atom. The van der Waals surface area contributed by atoms with Gasteiger partial charge >= 0.3 is 0 Å². The van der Waals surface area contributed by atoms with Gasteiger partial charge in [-0.15, -0.1) is 0 Å². The van der Waals surface area contributed by atoms with Crippen LogP contribution in [0.5, 0.6) is 0 Å². The molecule has 0 radical (unpaired) electrons. The second kappa shape index (κ2) is 6.65. The number of aliphatic hydroxyl groups is 1. The molecule has 2 aliphatic rings. The van der Waals surface area contributed by atoms with E-state index in [9.17, 15) is 14.3 Å². The molecule has 1 aromatic carbocycles. The minimum atomic E-state index is -0.610. The molecule has 2 aromatic rings. The summed E-state index contributed by atoms with van der Waals surface area (Å²) in [5.74, 6) is 1.16. The third kappa shape index (κ3) is 3.11. The maximum Gasteiger partial charge on any atom is 0.223 e. The molecule has 140 valence electrons. The van der Waals surface area contributed by atoms with Gasteiger partial charge in [0, 0.05) is 31.8 Å². The van der Waals surface area contributed by atoms with Crippen molar-refractivity contribution >= 4 is 16.9 Å². The minimum Gasteiger partial charge on any atom is -0.390 e. The van der Waals surface area contributed by atoms with Crippen molar-refractivity contribution < 1.29 is 14.3 Å². The standard InChI is InChI=1S/C20H26FN3O2/c1-2-20(26)9-3-4-13-11-24(12-15(13)20)19(25)8-7-18-22-16-6-5-14(21)10-17(16)23-18/h5-6,10,13,15,26H,2-4,7-9,11-12H2,1H3,(H,22,23)/t13-,15+,20-/m0/s1. The van der Waals surface area contributed by atoms with Gasteiger partial charge in [0.1, 0.15) is 11.6 Å². The molecule has 0 bridgehead atoms. The molecule has 0 spiro atoms. The number of nitrogens with one attached hydrogen (secondary N) is 1. The Balaban J connectivity index is 1.39. The van der Waals surface area contributed by atoms with Crippen LogP contribution in [0.4, 0.5) is 4.39 Å². The summed E-state index contributed by atoms with van der Waals surface area (Å²) >= 11 is 0. The Hall–Kier alpha value is -1.95. The van der Waals surface area contributed by atoms with E-state index in [-0.39, 0.29) is 17.6 Å². The first-order chi connectivity index (χ1) is 12.5. The minimum absolute atomic E-state index is 0.115. The van der Waals surface area contributed by atoms with Crippen LogP contribution in [0.1, 0.15) is 44.9 Å². The number of aryl methyl sites for hydroxylation is 1. The molecule has 1 amide bonds. The molecule has 1 aliphatic carbocycles. The number of benzene rings is 1. The van der Waals surface area contributed by atoms with Crippen LogP contribution in [0.15, 0.2) is 18.2 Å². The van der Waals surface area contributed by atoms with Crippen LogP contribution in [0.25, 0.3) is 11.0 Å². The molecule has 2 heterocycles. The van der Waals surface area contributed by atoms with Crippen LogP contribution < -0.4 is 0 Å². The van der Waals surface area contributed by atoms with Gasteiger partial charge in [-0.05, 0) is 43.4 Å². The van der Waals surface area contributed by atoms with E-state index in [1.54, 1.807) is 6.07 Å². The summed E-state index contributed by atoms with van der Waals surface area (Å²) in [6.07, 6.45) is 4.65. The van der Waals surface area contributed by atoms with Crippen LogP contribution in [0.2, 0.25) is 0 Å². The van der Waals surface area contributed by atoms with Crippen molar-refractivity contribution in [3.63, 3.8) is 0 Å². The Bertz CT molecular complexity index is 820. The molecule has 2 N–H and O–H groups in total. The quantitative estimate of drug-likeness (QED) is 0.882. The number of nitrogens with zero attached hydrogens (tertiary/aromatic N) is 2. The fourth-order valence-electron chi connectivity index (χ4n) is 4.81. The largest absolute Gasteiger partial charge is 0.390 e. The van der Waals surface area contributed by atoms with Gasteiger partial charge in [-0.1, -0.05) is 13.3 Å². The van der Waals surface area contributed by atoms with E-state index in [1.807, 2.05) is 11.8 Å². The lowest BCUT2D eigenvalue weighted by molar-refractivity contribution is -0.130. The second-order valence-electron chi connectivity index (χ2n) is 7.86. The zero-order valence-corrected chi connectivity index (χ0v) is 15.2. The van der Waals surface area contributed by atoms with E-state index >= 15 is 0 Å². The van der Waals surface area contributed by atoms with E-state index in [0.29, 0.717) is 42.2 Å². The molecule has 6 heteroatoms. The molecule has 5 nitrogen and oxygen atoms in total. The fraction of sp³-hybridized carbons (Fsp3) is 0.600. The number of carbonyl (C=O) groups excluding carboxylic acids is 1. The van der Waals surface area contributed by atoms with Gasteiger partial charge in [0.15, 0.2) is 0 Å². The number of hydrogen-bond donors (Lipinski definition) is 2. The summed E-state index contributed by atoms with van der Waals surface area (Å²) in [6.45, 7) is 3.47. The van der Waals surface area contributed by atoms with Crippen molar-refractivity contribution in [3.8, 4) is 0 Å². The first-order valence-electron chi connectivity index (χ1n) is 9.63. The maximum atomic E-state index is 13.3. The highest BCUT2D eigenvalue weighted by atomic mass is 19.1. The molecule has 2 fully saturated rings. The number of fused-ring (bicyclic) bond motifs is 2. The topological polar surface area (TPSA) is 69.2 Å². The van der Waals surface area contributed by atoms with Gasteiger partial charge < -0.3 is 15.0 Å². The van der Waals surface area contributed by atoms with Crippen molar-refractivity contribution in [2.75, 3.05) is 13.1 Å².